The van der Waals surface area contributed by atoms with Crippen molar-refractivity contribution in [1.29, 1.82) is 0 Å². The van der Waals surface area contributed by atoms with Crippen LogP contribution in [0.3, 0.4) is 0 Å². The van der Waals surface area contributed by atoms with Gasteiger partial charge in [-0.2, -0.15) is 0 Å². The van der Waals surface area contributed by atoms with Crippen LogP contribution in [-0.4, -0.2) is 73.8 Å². The number of fused-ring (bicyclic) bond motifs is 1. The van der Waals surface area contributed by atoms with E-state index in [-0.39, 0.29) is 31.1 Å². The van der Waals surface area contributed by atoms with Gasteiger partial charge in [-0.25, -0.2) is 0 Å². The van der Waals surface area contributed by atoms with Crippen LogP contribution < -0.4 is 0 Å². The second-order valence-electron chi connectivity index (χ2n) is 13.0. The minimum atomic E-state index is -0.905. The quantitative estimate of drug-likeness (QED) is 0.190. The summed E-state index contributed by atoms with van der Waals surface area (Å²) in [6.07, 6.45) is 5.99. The van der Waals surface area contributed by atoms with Crippen molar-refractivity contribution >= 4 is 23.5 Å². The lowest BCUT2D eigenvalue weighted by Crippen LogP contribution is -2.47. The topological polar surface area (TPSA) is 127 Å². The number of aromatic nitrogens is 1. The average molecular weight is 640 g/mol. The molecule has 0 bridgehead atoms. The molecule has 2 amide bonds. The van der Waals surface area contributed by atoms with Crippen molar-refractivity contribution in [3.05, 3.63) is 101 Å². The molecule has 9 heteroatoms. The molecule has 0 spiro atoms. The van der Waals surface area contributed by atoms with Gasteiger partial charge in [0, 0.05) is 37.8 Å². The molecule has 0 radical (unpaired) electrons. The first-order chi connectivity index (χ1) is 22.9. The molecular formula is C38H45N3O6. The van der Waals surface area contributed by atoms with E-state index in [1.807, 2.05) is 49.4 Å². The lowest BCUT2D eigenvalue weighted by Gasteiger charge is -2.37. The van der Waals surface area contributed by atoms with Crippen molar-refractivity contribution in [3.63, 3.8) is 0 Å². The molecule has 47 heavy (non-hydrogen) atoms. The Bertz CT molecular complexity index is 1590. The normalized spacial score (nSPS) is 23.4. The summed E-state index contributed by atoms with van der Waals surface area (Å²) in [6.45, 7) is 3.97. The zero-order valence-electron chi connectivity index (χ0n) is 27.0. The molecule has 1 aromatic carbocycles. The van der Waals surface area contributed by atoms with Crippen LogP contribution in [0.2, 0.25) is 0 Å². The van der Waals surface area contributed by atoms with E-state index >= 15 is 0 Å². The highest BCUT2D eigenvalue weighted by Gasteiger charge is 2.56. The number of likely N-dealkylation sites (tertiary alicyclic amines) is 2. The van der Waals surface area contributed by atoms with Gasteiger partial charge in [-0.3, -0.25) is 24.4 Å². The molecule has 6 rings (SSSR count). The monoisotopic (exact) mass is 639 g/mol. The maximum atomic E-state index is 14.1. The second kappa shape index (κ2) is 14.9. The van der Waals surface area contributed by atoms with Gasteiger partial charge < -0.3 is 19.7 Å². The predicted molar refractivity (Wildman–Crippen MR) is 178 cm³/mol. The minimum Gasteiger partial charge on any atom is -0.459 e. The van der Waals surface area contributed by atoms with Crippen LogP contribution in [0.5, 0.6) is 0 Å². The first-order valence-electron chi connectivity index (χ1n) is 16.9. The minimum absolute atomic E-state index is 0.125. The zero-order chi connectivity index (χ0) is 32.9. The van der Waals surface area contributed by atoms with Crippen LogP contribution in [0, 0.1) is 17.8 Å². The van der Waals surface area contributed by atoms with E-state index < -0.39 is 23.9 Å². The molecule has 2 aliphatic heterocycles. The van der Waals surface area contributed by atoms with E-state index in [1.54, 1.807) is 18.3 Å². The van der Waals surface area contributed by atoms with Crippen LogP contribution in [0.25, 0.3) is 11.6 Å². The van der Waals surface area contributed by atoms with Gasteiger partial charge in [0.25, 0.3) is 0 Å². The number of amides is 2. The number of carbonyl (C=O) groups excluding carboxylic acids is 2. The fourth-order valence-electron chi connectivity index (χ4n) is 7.86. The van der Waals surface area contributed by atoms with Gasteiger partial charge in [0.05, 0.1) is 30.2 Å². The van der Waals surface area contributed by atoms with Gasteiger partial charge in [0.2, 0.25) is 11.8 Å². The molecule has 1 aliphatic carbocycles. The maximum Gasteiger partial charge on any atom is 0.234 e. The Morgan fingerprint density at radius 2 is 1.79 bits per heavy atom. The fraction of sp³-hybridized carbons (Fsp3) is 0.447. The second-order valence-corrected chi connectivity index (χ2v) is 13.0. The predicted octanol–water partition coefficient (Wildman–Crippen LogP) is 4.83. The van der Waals surface area contributed by atoms with Crippen LogP contribution in [-0.2, 0) is 22.7 Å². The largest absolute Gasteiger partial charge is 0.459 e. The molecule has 0 saturated carbocycles. The van der Waals surface area contributed by atoms with E-state index in [0.29, 0.717) is 42.8 Å². The molecule has 3 N–H and O–H groups in total. The summed E-state index contributed by atoms with van der Waals surface area (Å²) < 4.78 is 5.70. The first-order valence-corrected chi connectivity index (χ1v) is 16.9. The number of aliphatic hydroxyl groups excluding tert-OH is 3. The summed E-state index contributed by atoms with van der Waals surface area (Å²) in [5.41, 5.74) is 4.52. The van der Waals surface area contributed by atoms with Crippen LogP contribution in [0.4, 0.5) is 0 Å². The van der Waals surface area contributed by atoms with Gasteiger partial charge in [0.1, 0.15) is 18.1 Å². The number of furan rings is 1. The number of pyridine rings is 1. The maximum absolute atomic E-state index is 14.1. The van der Waals surface area contributed by atoms with Gasteiger partial charge in [-0.15, -0.1) is 0 Å². The summed E-state index contributed by atoms with van der Waals surface area (Å²) in [7, 11) is 0. The molecule has 2 saturated heterocycles. The Morgan fingerprint density at radius 3 is 2.45 bits per heavy atom. The standard InChI is InChI=1S/C38H45N3O6/c1-2-26-21-31-36(38(46)41(37(31)45)28-15-18-40(19-16-28)22-25-8-4-3-5-9-25)32(24-43)35(26)34(44)14-11-27(33-10-6-7-17-39-33)20-29-12-13-30(23-42)47-29/h3-10,12-13,17,20,28,31-32,34,36,42-44H,2,11,14-16,18-19,21-24H2,1H3/b27-20-/t31-,32+,34-,36-/m1/s1. The number of allylic oxidation sites excluding steroid dienone is 2. The van der Waals surface area contributed by atoms with Gasteiger partial charge in [0.15, 0.2) is 0 Å². The van der Waals surface area contributed by atoms with Crippen LogP contribution >= 0.6 is 0 Å². The van der Waals surface area contributed by atoms with Gasteiger partial charge in [-0.05, 0) is 85.6 Å². The first kappa shape index (κ1) is 33.0. The summed E-state index contributed by atoms with van der Waals surface area (Å²) >= 11 is 0. The number of piperidine rings is 1. The molecule has 4 atom stereocenters. The number of hydrogen-bond donors (Lipinski definition) is 3. The summed E-state index contributed by atoms with van der Waals surface area (Å²) in [5, 5.41) is 31.9. The SMILES string of the molecule is CCC1=C([C@H](O)CC/C(=C/c2ccc(CO)o2)c2ccccn2)[C@H](CO)[C@@H]2C(=O)N(C3CCN(Cc4ccccc4)CC3)C(=O)[C@@H]2C1. The van der Waals surface area contributed by atoms with E-state index in [0.717, 1.165) is 49.3 Å². The van der Waals surface area contributed by atoms with Gasteiger partial charge in [-0.1, -0.05) is 48.9 Å². The van der Waals surface area contributed by atoms with Crippen molar-refractivity contribution in [1.82, 2.24) is 14.8 Å². The molecule has 4 heterocycles. The number of benzene rings is 1. The number of nitrogens with zero attached hydrogens (tertiary/aromatic N) is 3. The molecule has 0 unspecified atom stereocenters. The number of rotatable bonds is 12. The van der Waals surface area contributed by atoms with Crippen molar-refractivity contribution < 1.29 is 29.3 Å². The van der Waals surface area contributed by atoms with Crippen molar-refractivity contribution in [2.24, 2.45) is 17.8 Å². The third-order valence-corrected chi connectivity index (χ3v) is 10.2. The number of hydrogen-bond acceptors (Lipinski definition) is 8. The molecule has 3 aliphatic rings. The van der Waals surface area contributed by atoms with E-state index in [2.05, 4.69) is 22.0 Å². The van der Waals surface area contributed by atoms with E-state index in [1.165, 1.54) is 10.5 Å². The molecular weight excluding hydrogens is 594 g/mol. The third-order valence-electron chi connectivity index (χ3n) is 10.2. The Balaban J connectivity index is 1.17. The van der Waals surface area contributed by atoms with Crippen molar-refractivity contribution in [3.8, 4) is 0 Å². The Morgan fingerprint density at radius 1 is 1.02 bits per heavy atom. The summed E-state index contributed by atoms with van der Waals surface area (Å²) in [5.74, 6) is -1.07. The Hall–Kier alpha value is -3.89. The van der Waals surface area contributed by atoms with Gasteiger partial charge >= 0.3 is 0 Å². The highest BCUT2D eigenvalue weighted by Crippen LogP contribution is 2.48. The third kappa shape index (κ3) is 7.04. The zero-order valence-corrected chi connectivity index (χ0v) is 27.0. The number of carbonyl (C=O) groups is 2. The van der Waals surface area contributed by atoms with Crippen molar-refractivity contribution in [2.75, 3.05) is 19.7 Å². The van der Waals surface area contributed by atoms with Crippen LogP contribution in [0.15, 0.2) is 82.4 Å². The molecule has 3 aromatic rings. The molecule has 248 valence electrons. The average Bonchev–Trinajstić information content (AvgIpc) is 3.67. The Kier molecular flexibility index (Phi) is 10.5. The van der Waals surface area contributed by atoms with Crippen molar-refractivity contribution in [2.45, 2.75) is 70.7 Å². The lowest BCUT2D eigenvalue weighted by molar-refractivity contribution is -0.144. The van der Waals surface area contributed by atoms with E-state index in [9.17, 15) is 24.9 Å². The molecule has 2 aromatic heterocycles. The summed E-state index contributed by atoms with van der Waals surface area (Å²) in [6, 6.07) is 19.3. The highest BCUT2D eigenvalue weighted by molar-refractivity contribution is 6.06. The van der Waals surface area contributed by atoms with E-state index in [4.69, 9.17) is 4.42 Å². The smallest absolute Gasteiger partial charge is 0.234 e. The molecule has 9 nitrogen and oxygen atoms in total. The Labute approximate surface area is 276 Å². The molecule has 2 fully saturated rings. The lowest BCUT2D eigenvalue weighted by atomic mass is 9.67. The number of aliphatic hydroxyl groups is 3. The fourth-order valence-corrected chi connectivity index (χ4v) is 7.86. The summed E-state index contributed by atoms with van der Waals surface area (Å²) in [4.78, 5) is 36.3. The highest BCUT2D eigenvalue weighted by atomic mass is 16.4. The van der Waals surface area contributed by atoms with Crippen LogP contribution in [0.1, 0.15) is 68.2 Å². The number of imide groups is 1.